The van der Waals surface area contributed by atoms with Gasteiger partial charge >= 0.3 is 12.1 Å². The van der Waals surface area contributed by atoms with Gasteiger partial charge in [-0.05, 0) is 18.2 Å². The molecular formula is C14H13F4NO4. The number of hydrogen-bond donors (Lipinski definition) is 2. The van der Waals surface area contributed by atoms with Gasteiger partial charge in [-0.15, -0.1) is 0 Å². The largest absolute Gasteiger partial charge is 0.478 e. The van der Waals surface area contributed by atoms with E-state index >= 15 is 0 Å². The number of carboxylic acid groups (broad SMARTS) is 1. The number of benzene rings is 1. The van der Waals surface area contributed by atoms with Gasteiger partial charge in [-0.25, -0.2) is 9.18 Å². The van der Waals surface area contributed by atoms with Gasteiger partial charge in [0.25, 0.3) is 5.91 Å². The van der Waals surface area contributed by atoms with Crippen LogP contribution >= 0.6 is 0 Å². The molecule has 5 nitrogen and oxygen atoms in total. The van der Waals surface area contributed by atoms with E-state index in [1.807, 2.05) is 0 Å². The molecule has 0 spiro atoms. The number of piperidine rings is 1. The number of halogens is 4. The fourth-order valence-electron chi connectivity index (χ4n) is 2.36. The number of rotatable bonds is 2. The SMILES string of the molecule is O=C(O)c1ccc(C(=O)N2CCC(O)(C(F)(F)F)CC2)c(F)c1. The average Bonchev–Trinajstić information content (AvgIpc) is 2.46. The van der Waals surface area contributed by atoms with E-state index < -0.39 is 47.9 Å². The quantitative estimate of drug-likeness (QED) is 0.811. The number of aliphatic hydroxyl groups is 1. The van der Waals surface area contributed by atoms with Crippen molar-refractivity contribution in [2.75, 3.05) is 13.1 Å². The van der Waals surface area contributed by atoms with E-state index in [0.29, 0.717) is 6.07 Å². The van der Waals surface area contributed by atoms with Crippen LogP contribution < -0.4 is 0 Å². The van der Waals surface area contributed by atoms with Crippen LogP contribution in [0.5, 0.6) is 0 Å². The van der Waals surface area contributed by atoms with Crippen LogP contribution in [0, 0.1) is 5.82 Å². The molecule has 126 valence electrons. The maximum Gasteiger partial charge on any atom is 0.417 e. The van der Waals surface area contributed by atoms with Crippen molar-refractivity contribution in [2.24, 2.45) is 0 Å². The smallest absolute Gasteiger partial charge is 0.417 e. The molecule has 23 heavy (non-hydrogen) atoms. The number of alkyl halides is 3. The number of carboxylic acids is 1. The molecule has 0 radical (unpaired) electrons. The lowest BCUT2D eigenvalue weighted by Crippen LogP contribution is -2.54. The predicted octanol–water partition coefficient (Wildman–Crippen LogP) is 2.05. The van der Waals surface area contributed by atoms with E-state index in [9.17, 15) is 32.3 Å². The summed E-state index contributed by atoms with van der Waals surface area (Å²) in [6.07, 6.45) is -6.19. The molecule has 1 aliphatic heterocycles. The molecule has 1 heterocycles. The zero-order valence-corrected chi connectivity index (χ0v) is 11.7. The van der Waals surface area contributed by atoms with Crippen LogP contribution in [0.4, 0.5) is 17.6 Å². The highest BCUT2D eigenvalue weighted by atomic mass is 19.4. The van der Waals surface area contributed by atoms with Crippen molar-refractivity contribution in [1.29, 1.82) is 0 Å². The topological polar surface area (TPSA) is 77.8 Å². The Morgan fingerprint density at radius 1 is 1.17 bits per heavy atom. The zero-order chi connectivity index (χ0) is 17.4. The lowest BCUT2D eigenvalue weighted by atomic mass is 9.90. The Labute approximate surface area is 128 Å². The summed E-state index contributed by atoms with van der Waals surface area (Å²) in [6.45, 7) is -0.760. The third-order valence-electron chi connectivity index (χ3n) is 3.85. The summed E-state index contributed by atoms with van der Waals surface area (Å²) in [5, 5.41) is 18.3. The van der Waals surface area contributed by atoms with Crippen molar-refractivity contribution < 1.29 is 37.4 Å². The molecule has 1 aromatic carbocycles. The number of amides is 1. The van der Waals surface area contributed by atoms with E-state index in [1.165, 1.54) is 0 Å². The second-order valence-electron chi connectivity index (χ2n) is 5.32. The number of likely N-dealkylation sites (tertiary alicyclic amines) is 1. The number of aromatic carboxylic acids is 1. The van der Waals surface area contributed by atoms with Crippen LogP contribution in [-0.4, -0.2) is 51.9 Å². The minimum absolute atomic E-state index is 0.343. The zero-order valence-electron chi connectivity index (χ0n) is 11.7. The average molecular weight is 335 g/mol. The lowest BCUT2D eigenvalue weighted by molar-refractivity contribution is -0.271. The highest BCUT2D eigenvalue weighted by molar-refractivity contribution is 5.96. The number of carbonyl (C=O) groups excluding carboxylic acids is 1. The highest BCUT2D eigenvalue weighted by Gasteiger charge is 2.54. The molecule has 0 unspecified atom stereocenters. The Hall–Kier alpha value is -2.16. The van der Waals surface area contributed by atoms with Crippen molar-refractivity contribution >= 4 is 11.9 Å². The molecule has 1 saturated heterocycles. The Balaban J connectivity index is 2.13. The van der Waals surface area contributed by atoms with Gasteiger partial charge in [0.2, 0.25) is 0 Å². The molecule has 2 N–H and O–H groups in total. The fraction of sp³-hybridized carbons (Fsp3) is 0.429. The Morgan fingerprint density at radius 2 is 1.74 bits per heavy atom. The summed E-state index contributed by atoms with van der Waals surface area (Å²) < 4.78 is 51.9. The second-order valence-corrected chi connectivity index (χ2v) is 5.32. The third-order valence-corrected chi connectivity index (χ3v) is 3.85. The molecule has 0 saturated carbocycles. The van der Waals surface area contributed by atoms with Crippen LogP contribution in [0.2, 0.25) is 0 Å². The maximum absolute atomic E-state index is 13.8. The predicted molar refractivity (Wildman–Crippen MR) is 69.5 cm³/mol. The summed E-state index contributed by atoms with van der Waals surface area (Å²) in [7, 11) is 0. The monoisotopic (exact) mass is 335 g/mol. The number of hydrogen-bond acceptors (Lipinski definition) is 3. The summed E-state index contributed by atoms with van der Waals surface area (Å²) in [6, 6.07) is 2.69. The van der Waals surface area contributed by atoms with E-state index in [4.69, 9.17) is 5.11 Å². The van der Waals surface area contributed by atoms with E-state index in [0.717, 1.165) is 17.0 Å². The van der Waals surface area contributed by atoms with Crippen molar-refractivity contribution in [3.63, 3.8) is 0 Å². The normalized spacial score (nSPS) is 17.9. The standard InChI is InChI=1S/C14H13F4NO4/c15-10-7-8(12(21)22)1-2-9(10)11(20)19-5-3-13(23,4-6-19)14(16,17)18/h1-2,7,23H,3-6H2,(H,21,22). The van der Waals surface area contributed by atoms with E-state index in [2.05, 4.69) is 0 Å². The molecule has 1 fully saturated rings. The maximum atomic E-state index is 13.8. The Bertz CT molecular complexity index is 636. The second kappa shape index (κ2) is 5.80. The first-order chi connectivity index (χ1) is 10.5. The van der Waals surface area contributed by atoms with Crippen molar-refractivity contribution in [3.8, 4) is 0 Å². The summed E-state index contributed by atoms with van der Waals surface area (Å²) >= 11 is 0. The van der Waals surface area contributed by atoms with Crippen LogP contribution in [0.1, 0.15) is 33.6 Å². The number of carbonyl (C=O) groups is 2. The van der Waals surface area contributed by atoms with E-state index in [-0.39, 0.29) is 18.7 Å². The molecule has 9 heteroatoms. The van der Waals surface area contributed by atoms with Crippen molar-refractivity contribution in [1.82, 2.24) is 4.90 Å². The molecule has 0 aliphatic carbocycles. The molecule has 2 rings (SSSR count). The van der Waals surface area contributed by atoms with Gasteiger partial charge in [0.1, 0.15) is 5.82 Å². The molecule has 1 amide bonds. The lowest BCUT2D eigenvalue weighted by Gasteiger charge is -2.39. The van der Waals surface area contributed by atoms with E-state index in [1.54, 1.807) is 0 Å². The first-order valence-electron chi connectivity index (χ1n) is 6.66. The van der Waals surface area contributed by atoms with Crippen molar-refractivity contribution in [2.45, 2.75) is 24.6 Å². The van der Waals surface area contributed by atoms with Gasteiger partial charge in [-0.1, -0.05) is 0 Å². The van der Waals surface area contributed by atoms with Crippen LogP contribution in [0.3, 0.4) is 0 Å². The van der Waals surface area contributed by atoms with Gasteiger partial charge < -0.3 is 15.1 Å². The number of nitrogens with zero attached hydrogens (tertiary/aromatic N) is 1. The molecule has 1 aliphatic rings. The van der Waals surface area contributed by atoms with Gasteiger partial charge in [-0.2, -0.15) is 13.2 Å². The van der Waals surface area contributed by atoms with Crippen LogP contribution in [0.25, 0.3) is 0 Å². The first-order valence-corrected chi connectivity index (χ1v) is 6.66. The summed E-state index contributed by atoms with van der Waals surface area (Å²) in [4.78, 5) is 23.8. The van der Waals surface area contributed by atoms with Gasteiger partial charge in [0, 0.05) is 25.9 Å². The first kappa shape index (κ1) is 17.2. The third kappa shape index (κ3) is 3.29. The van der Waals surface area contributed by atoms with Gasteiger partial charge in [0.15, 0.2) is 5.60 Å². The van der Waals surface area contributed by atoms with Gasteiger partial charge in [-0.3, -0.25) is 4.79 Å². The molecule has 0 atom stereocenters. The summed E-state index contributed by atoms with van der Waals surface area (Å²) in [5.74, 6) is -3.27. The summed E-state index contributed by atoms with van der Waals surface area (Å²) in [5.41, 5.74) is -3.62. The van der Waals surface area contributed by atoms with Crippen LogP contribution in [-0.2, 0) is 0 Å². The fourth-order valence-corrected chi connectivity index (χ4v) is 2.36. The Morgan fingerprint density at radius 3 is 2.17 bits per heavy atom. The van der Waals surface area contributed by atoms with Crippen molar-refractivity contribution in [3.05, 3.63) is 35.1 Å². The molecule has 0 aromatic heterocycles. The van der Waals surface area contributed by atoms with Crippen LogP contribution in [0.15, 0.2) is 18.2 Å². The minimum atomic E-state index is -4.80. The molecule has 1 aromatic rings. The van der Waals surface area contributed by atoms with Gasteiger partial charge in [0.05, 0.1) is 11.1 Å². The minimum Gasteiger partial charge on any atom is -0.478 e. The highest BCUT2D eigenvalue weighted by Crippen LogP contribution is 2.38. The molecular weight excluding hydrogens is 322 g/mol. The Kier molecular flexibility index (Phi) is 4.34. The molecule has 0 bridgehead atoms.